The Bertz CT molecular complexity index is 1140. The predicted molar refractivity (Wildman–Crippen MR) is 122 cm³/mol. The summed E-state index contributed by atoms with van der Waals surface area (Å²) in [6, 6.07) is 9.43. The average Bonchev–Trinajstić information content (AvgIpc) is 2.70. The summed E-state index contributed by atoms with van der Waals surface area (Å²) in [5.41, 5.74) is 4.76. The van der Waals surface area contributed by atoms with Gasteiger partial charge in [0.2, 0.25) is 0 Å². The van der Waals surface area contributed by atoms with E-state index in [4.69, 9.17) is 0 Å². The molecule has 0 amide bonds. The first-order valence-electron chi connectivity index (χ1n) is 11.0. The Labute approximate surface area is 187 Å². The molecule has 1 N–H and O–H groups in total. The number of hydrogen-bond donors (Lipinski definition) is 1. The highest BCUT2D eigenvalue weighted by atomic mass is 19.4. The number of anilines is 1. The van der Waals surface area contributed by atoms with Crippen LogP contribution >= 0.6 is 0 Å². The number of benzene rings is 2. The van der Waals surface area contributed by atoms with E-state index in [1.54, 1.807) is 6.07 Å². The Morgan fingerprint density at radius 1 is 1.16 bits per heavy atom. The molecule has 2 nitrogen and oxygen atoms in total. The fourth-order valence-electron chi connectivity index (χ4n) is 4.94. The normalized spacial score (nSPS) is 20.2. The molecule has 0 spiro atoms. The van der Waals surface area contributed by atoms with Crippen LogP contribution in [0.3, 0.4) is 0 Å². The standard InChI is InChI=1S/C27H28F3NO/c1-5-6-10-19-16(2)11-12-20-24(19)23(17-8-7-9-18(13-17)27(28,29)30)25-21(31-20)14-26(3,4)15-22(25)32/h6-13,23,31H,5,14-15H2,1-4H3/b10-6-. The van der Waals surface area contributed by atoms with E-state index >= 15 is 0 Å². The zero-order chi connectivity index (χ0) is 23.3. The number of ketones is 1. The van der Waals surface area contributed by atoms with Gasteiger partial charge in [-0.2, -0.15) is 13.2 Å². The van der Waals surface area contributed by atoms with Gasteiger partial charge in [0.15, 0.2) is 5.78 Å². The molecular formula is C27H28F3NO. The number of rotatable bonds is 3. The van der Waals surface area contributed by atoms with Crippen LogP contribution < -0.4 is 5.32 Å². The molecule has 0 bridgehead atoms. The Hall–Kier alpha value is -2.82. The lowest BCUT2D eigenvalue weighted by atomic mass is 9.67. The number of allylic oxidation sites excluding steroid dienone is 3. The van der Waals surface area contributed by atoms with Gasteiger partial charge < -0.3 is 5.32 Å². The summed E-state index contributed by atoms with van der Waals surface area (Å²) >= 11 is 0. The number of halogens is 3. The van der Waals surface area contributed by atoms with Crippen LogP contribution in [-0.4, -0.2) is 5.78 Å². The van der Waals surface area contributed by atoms with E-state index in [0.29, 0.717) is 24.0 Å². The topological polar surface area (TPSA) is 29.1 Å². The van der Waals surface area contributed by atoms with Gasteiger partial charge in [0.1, 0.15) is 0 Å². The minimum Gasteiger partial charge on any atom is -0.358 e. The molecule has 2 aliphatic rings. The molecule has 2 aromatic rings. The van der Waals surface area contributed by atoms with Gasteiger partial charge in [0.25, 0.3) is 0 Å². The minimum absolute atomic E-state index is 0.00346. The maximum absolute atomic E-state index is 13.5. The van der Waals surface area contributed by atoms with Gasteiger partial charge >= 0.3 is 6.18 Å². The van der Waals surface area contributed by atoms with Crippen LogP contribution in [0.1, 0.15) is 73.8 Å². The van der Waals surface area contributed by atoms with Crippen molar-refractivity contribution in [1.29, 1.82) is 0 Å². The molecule has 0 radical (unpaired) electrons. The van der Waals surface area contributed by atoms with E-state index < -0.39 is 17.7 Å². The molecule has 0 aromatic heterocycles. The SMILES string of the molecule is CC/C=C\c1c(C)ccc2c1C(c1cccc(C(F)(F)F)c1)C1=C(CC(C)(C)CC1=O)N2. The molecule has 1 aliphatic heterocycles. The summed E-state index contributed by atoms with van der Waals surface area (Å²) in [4.78, 5) is 13.4. The Balaban J connectivity index is 2.01. The number of alkyl halides is 3. The van der Waals surface area contributed by atoms with E-state index in [-0.39, 0.29) is 11.2 Å². The Kier molecular flexibility index (Phi) is 5.56. The van der Waals surface area contributed by atoms with Crippen molar-refractivity contribution in [2.75, 3.05) is 5.32 Å². The quantitative estimate of drug-likeness (QED) is 0.532. The third-order valence-electron chi connectivity index (χ3n) is 6.36. The van der Waals surface area contributed by atoms with Crippen molar-refractivity contribution in [3.63, 3.8) is 0 Å². The lowest BCUT2D eigenvalue weighted by Crippen LogP contribution is -2.34. The zero-order valence-electron chi connectivity index (χ0n) is 18.9. The fraction of sp³-hybridized carbons (Fsp3) is 0.370. The second kappa shape index (κ2) is 7.95. The van der Waals surface area contributed by atoms with Gasteiger partial charge in [-0.15, -0.1) is 0 Å². The van der Waals surface area contributed by atoms with Gasteiger partial charge in [-0.3, -0.25) is 4.79 Å². The molecule has 0 saturated heterocycles. The Morgan fingerprint density at radius 3 is 2.59 bits per heavy atom. The van der Waals surface area contributed by atoms with Crippen LogP contribution in [0.15, 0.2) is 53.7 Å². The average molecular weight is 440 g/mol. The van der Waals surface area contributed by atoms with Crippen molar-refractivity contribution in [2.45, 2.75) is 59.1 Å². The van der Waals surface area contributed by atoms with Crippen LogP contribution in [0.4, 0.5) is 18.9 Å². The predicted octanol–water partition coefficient (Wildman–Crippen LogP) is 7.64. The van der Waals surface area contributed by atoms with Crippen LogP contribution in [0.5, 0.6) is 0 Å². The third-order valence-corrected chi connectivity index (χ3v) is 6.36. The molecular weight excluding hydrogens is 411 g/mol. The number of nitrogens with one attached hydrogen (secondary N) is 1. The number of aryl methyl sites for hydroxylation is 1. The maximum Gasteiger partial charge on any atom is 0.416 e. The van der Waals surface area contributed by atoms with Gasteiger partial charge in [0, 0.05) is 29.3 Å². The maximum atomic E-state index is 13.5. The van der Waals surface area contributed by atoms with E-state index in [2.05, 4.69) is 19.2 Å². The van der Waals surface area contributed by atoms with E-state index in [1.165, 1.54) is 12.1 Å². The van der Waals surface area contributed by atoms with Gasteiger partial charge in [-0.05, 0) is 59.6 Å². The molecule has 32 heavy (non-hydrogen) atoms. The highest BCUT2D eigenvalue weighted by Crippen LogP contribution is 2.51. The third kappa shape index (κ3) is 4.01. The highest BCUT2D eigenvalue weighted by molar-refractivity contribution is 6.02. The van der Waals surface area contributed by atoms with Gasteiger partial charge in [-0.25, -0.2) is 0 Å². The van der Waals surface area contributed by atoms with Crippen molar-refractivity contribution in [2.24, 2.45) is 5.41 Å². The summed E-state index contributed by atoms with van der Waals surface area (Å²) in [6.45, 7) is 8.14. The van der Waals surface area contributed by atoms with E-state index in [9.17, 15) is 18.0 Å². The second-order valence-electron chi connectivity index (χ2n) is 9.58. The molecule has 168 valence electrons. The lowest BCUT2D eigenvalue weighted by molar-refractivity contribution is -0.137. The number of carbonyl (C=O) groups excluding carboxylic acids is 1. The highest BCUT2D eigenvalue weighted by Gasteiger charge is 2.42. The first-order chi connectivity index (χ1) is 15.0. The smallest absolute Gasteiger partial charge is 0.358 e. The van der Waals surface area contributed by atoms with Crippen LogP contribution in [0.2, 0.25) is 0 Å². The number of carbonyl (C=O) groups is 1. The molecule has 1 aliphatic carbocycles. The Morgan fingerprint density at radius 2 is 1.91 bits per heavy atom. The number of Topliss-reactive ketones (excluding diaryl/α,β-unsaturated/α-hetero) is 1. The molecule has 2 aromatic carbocycles. The monoisotopic (exact) mass is 439 g/mol. The van der Waals surface area contributed by atoms with Gasteiger partial charge in [-0.1, -0.05) is 57.2 Å². The van der Waals surface area contributed by atoms with E-state index in [1.807, 2.05) is 38.1 Å². The first-order valence-corrected chi connectivity index (χ1v) is 11.0. The van der Waals surface area contributed by atoms with Crippen LogP contribution in [0, 0.1) is 12.3 Å². The second-order valence-corrected chi connectivity index (χ2v) is 9.58. The number of hydrogen-bond acceptors (Lipinski definition) is 2. The molecule has 4 rings (SSSR count). The molecule has 1 unspecified atom stereocenters. The first kappa shape index (κ1) is 22.4. The largest absolute Gasteiger partial charge is 0.416 e. The van der Waals surface area contributed by atoms with Gasteiger partial charge in [0.05, 0.1) is 5.56 Å². The minimum atomic E-state index is -4.45. The lowest BCUT2D eigenvalue weighted by Gasteiger charge is -2.40. The van der Waals surface area contributed by atoms with Crippen molar-refractivity contribution in [1.82, 2.24) is 0 Å². The summed E-state index contributed by atoms with van der Waals surface area (Å²) < 4.78 is 40.6. The zero-order valence-corrected chi connectivity index (χ0v) is 18.9. The number of fused-ring (bicyclic) bond motifs is 1. The van der Waals surface area contributed by atoms with Crippen molar-refractivity contribution in [3.05, 3.63) is 81.6 Å². The summed E-state index contributed by atoms with van der Waals surface area (Å²) in [7, 11) is 0. The molecule has 5 heteroatoms. The van der Waals surface area contributed by atoms with Crippen LogP contribution in [-0.2, 0) is 11.0 Å². The van der Waals surface area contributed by atoms with Crippen molar-refractivity contribution >= 4 is 17.5 Å². The molecule has 0 saturated carbocycles. The van der Waals surface area contributed by atoms with Crippen LogP contribution in [0.25, 0.3) is 6.08 Å². The summed E-state index contributed by atoms with van der Waals surface area (Å²) in [6.07, 6.45) is 1.52. The van der Waals surface area contributed by atoms with Crippen molar-refractivity contribution < 1.29 is 18.0 Å². The summed E-state index contributed by atoms with van der Waals surface area (Å²) in [5.74, 6) is -0.535. The fourth-order valence-corrected chi connectivity index (χ4v) is 4.94. The molecule has 1 heterocycles. The van der Waals surface area contributed by atoms with Crippen molar-refractivity contribution in [3.8, 4) is 0 Å². The molecule has 0 fully saturated rings. The molecule has 1 atom stereocenters. The summed E-state index contributed by atoms with van der Waals surface area (Å²) in [5, 5.41) is 3.48. The van der Waals surface area contributed by atoms with E-state index in [0.717, 1.165) is 40.6 Å².